The predicted molar refractivity (Wildman–Crippen MR) is 111 cm³/mol. The first-order valence-electron chi connectivity index (χ1n) is 8.43. The first-order chi connectivity index (χ1) is 14.5. The molecule has 12 heteroatoms. The molecule has 0 saturated carbocycles. The Hall–Kier alpha value is -2.75. The van der Waals surface area contributed by atoms with E-state index in [1.807, 2.05) is 5.43 Å². The minimum absolute atomic E-state index is 0.0491. The molecular weight excluding hydrogens is 480 g/mol. The summed E-state index contributed by atoms with van der Waals surface area (Å²) in [5.74, 6) is -1.49. The first-order valence-corrected chi connectivity index (χ1v) is 9.56. The molecule has 0 fully saturated rings. The highest BCUT2D eigenvalue weighted by molar-refractivity contribution is 6.36. The molecule has 0 aliphatic rings. The molecule has 0 aliphatic heterocycles. The van der Waals surface area contributed by atoms with Crippen LogP contribution in [0, 0.1) is 0 Å². The SMILES string of the molecule is CC(=NNC(=O)c1cnn(-c2ccc(Cl)cc2)c1C(F)(F)F)c1cc(Cl)cc(Cl)c1O. The number of phenols is 1. The smallest absolute Gasteiger partial charge is 0.434 e. The number of benzene rings is 2. The summed E-state index contributed by atoms with van der Waals surface area (Å²) >= 11 is 17.5. The van der Waals surface area contributed by atoms with Gasteiger partial charge in [0.25, 0.3) is 5.91 Å². The standard InChI is InChI=1S/C19H12Cl3F3N4O2/c1-9(13-6-11(21)7-15(22)16(13)30)27-28-18(31)14-8-26-29(17(14)19(23,24)25)12-4-2-10(20)3-5-12/h2-8,30H,1H3,(H,28,31). The number of phenolic OH excluding ortho intramolecular Hbond substituents is 1. The van der Waals surface area contributed by atoms with Crippen molar-refractivity contribution in [3.8, 4) is 11.4 Å². The van der Waals surface area contributed by atoms with Gasteiger partial charge in [0.1, 0.15) is 5.75 Å². The number of aromatic hydroxyl groups is 1. The normalized spacial score (nSPS) is 12.2. The van der Waals surface area contributed by atoms with E-state index in [0.29, 0.717) is 9.70 Å². The number of carbonyl (C=O) groups excluding carboxylic acids is 1. The number of hydrogen-bond donors (Lipinski definition) is 2. The molecule has 0 radical (unpaired) electrons. The van der Waals surface area contributed by atoms with Gasteiger partial charge in [-0.1, -0.05) is 34.8 Å². The molecule has 2 N–H and O–H groups in total. The Bertz CT molecular complexity index is 1180. The van der Waals surface area contributed by atoms with Crippen molar-refractivity contribution < 1.29 is 23.1 Å². The topological polar surface area (TPSA) is 79.5 Å². The summed E-state index contributed by atoms with van der Waals surface area (Å²) in [6, 6.07) is 8.10. The Balaban J connectivity index is 1.95. The highest BCUT2D eigenvalue weighted by atomic mass is 35.5. The van der Waals surface area contributed by atoms with Gasteiger partial charge < -0.3 is 5.11 Å². The van der Waals surface area contributed by atoms with Gasteiger partial charge in [-0.2, -0.15) is 23.4 Å². The Morgan fingerprint density at radius 1 is 1.10 bits per heavy atom. The second kappa shape index (κ2) is 8.78. The van der Waals surface area contributed by atoms with Crippen molar-refractivity contribution in [1.29, 1.82) is 0 Å². The molecule has 6 nitrogen and oxygen atoms in total. The third-order valence-corrected chi connectivity index (χ3v) is 4.85. The van der Waals surface area contributed by atoms with Crippen molar-refractivity contribution in [3.63, 3.8) is 0 Å². The molecule has 162 valence electrons. The number of hydrogen-bond acceptors (Lipinski definition) is 4. The van der Waals surface area contributed by atoms with Gasteiger partial charge in [-0.05, 0) is 43.3 Å². The van der Waals surface area contributed by atoms with Crippen LogP contribution in [0.3, 0.4) is 0 Å². The fourth-order valence-corrected chi connectivity index (χ4v) is 3.28. The summed E-state index contributed by atoms with van der Waals surface area (Å²) in [4.78, 5) is 12.5. The van der Waals surface area contributed by atoms with Crippen LogP contribution in [-0.2, 0) is 6.18 Å². The third-order valence-electron chi connectivity index (χ3n) is 4.10. The zero-order valence-corrected chi connectivity index (χ0v) is 17.8. The predicted octanol–water partition coefficient (Wildman–Crippen LogP) is 5.71. The summed E-state index contributed by atoms with van der Waals surface area (Å²) in [5.41, 5.74) is 0.231. The van der Waals surface area contributed by atoms with E-state index in [0.717, 1.165) is 6.20 Å². The maximum absolute atomic E-state index is 13.7. The lowest BCUT2D eigenvalue weighted by atomic mass is 10.1. The monoisotopic (exact) mass is 490 g/mol. The van der Waals surface area contributed by atoms with Crippen LogP contribution < -0.4 is 5.43 Å². The van der Waals surface area contributed by atoms with Crippen LogP contribution in [0.25, 0.3) is 5.69 Å². The number of nitrogens with one attached hydrogen (secondary N) is 1. The van der Waals surface area contributed by atoms with Gasteiger partial charge in [0.05, 0.1) is 28.2 Å². The lowest BCUT2D eigenvalue weighted by Crippen LogP contribution is -2.24. The molecule has 0 atom stereocenters. The van der Waals surface area contributed by atoms with Crippen molar-refractivity contribution in [2.75, 3.05) is 0 Å². The average Bonchev–Trinajstić information content (AvgIpc) is 3.15. The van der Waals surface area contributed by atoms with Gasteiger partial charge in [0, 0.05) is 15.6 Å². The zero-order chi connectivity index (χ0) is 22.9. The highest BCUT2D eigenvalue weighted by Crippen LogP contribution is 2.34. The fraction of sp³-hybridized carbons (Fsp3) is 0.105. The molecule has 31 heavy (non-hydrogen) atoms. The zero-order valence-electron chi connectivity index (χ0n) is 15.5. The highest BCUT2D eigenvalue weighted by Gasteiger charge is 2.40. The van der Waals surface area contributed by atoms with Crippen LogP contribution in [0.5, 0.6) is 5.75 Å². The Morgan fingerprint density at radius 3 is 2.35 bits per heavy atom. The molecular formula is C19H12Cl3F3N4O2. The minimum atomic E-state index is -4.89. The second-order valence-corrected chi connectivity index (χ2v) is 7.49. The van der Waals surface area contributed by atoms with Crippen LogP contribution in [0.4, 0.5) is 13.2 Å². The van der Waals surface area contributed by atoms with Gasteiger partial charge in [-0.3, -0.25) is 4.79 Å². The van der Waals surface area contributed by atoms with E-state index in [1.54, 1.807) is 0 Å². The Kier molecular flexibility index (Phi) is 6.49. The van der Waals surface area contributed by atoms with Crippen LogP contribution >= 0.6 is 34.8 Å². The van der Waals surface area contributed by atoms with Crippen LogP contribution in [0.2, 0.25) is 15.1 Å². The van der Waals surface area contributed by atoms with E-state index in [-0.39, 0.29) is 32.8 Å². The molecule has 0 spiro atoms. The first kappa shape index (κ1) is 22.9. The number of rotatable bonds is 4. The summed E-state index contributed by atoms with van der Waals surface area (Å²) in [7, 11) is 0. The second-order valence-electron chi connectivity index (χ2n) is 6.21. The van der Waals surface area contributed by atoms with E-state index < -0.39 is 23.3 Å². The van der Waals surface area contributed by atoms with Gasteiger partial charge in [-0.25, -0.2) is 10.1 Å². The molecule has 0 aliphatic carbocycles. The quantitative estimate of drug-likeness (QED) is 0.362. The summed E-state index contributed by atoms with van der Waals surface area (Å²) in [6.45, 7) is 1.41. The molecule has 1 heterocycles. The van der Waals surface area contributed by atoms with Crippen molar-refractivity contribution in [2.24, 2.45) is 5.10 Å². The van der Waals surface area contributed by atoms with E-state index in [1.165, 1.54) is 43.3 Å². The lowest BCUT2D eigenvalue weighted by molar-refractivity contribution is -0.143. The molecule has 1 aromatic heterocycles. The Morgan fingerprint density at radius 2 is 1.74 bits per heavy atom. The molecule has 0 unspecified atom stereocenters. The summed E-state index contributed by atoms with van der Waals surface area (Å²) in [6.07, 6.45) is -4.11. The molecule has 1 amide bonds. The number of halogens is 6. The largest absolute Gasteiger partial charge is 0.506 e. The van der Waals surface area contributed by atoms with Crippen LogP contribution in [0.15, 0.2) is 47.7 Å². The number of amides is 1. The molecule has 0 bridgehead atoms. The van der Waals surface area contributed by atoms with Crippen LogP contribution in [0.1, 0.15) is 28.5 Å². The van der Waals surface area contributed by atoms with Gasteiger partial charge in [0.15, 0.2) is 5.69 Å². The number of nitrogens with zero attached hydrogens (tertiary/aromatic N) is 3. The van der Waals surface area contributed by atoms with E-state index >= 15 is 0 Å². The molecule has 3 rings (SSSR count). The number of aromatic nitrogens is 2. The van der Waals surface area contributed by atoms with Crippen molar-refractivity contribution in [1.82, 2.24) is 15.2 Å². The fourth-order valence-electron chi connectivity index (χ4n) is 2.66. The minimum Gasteiger partial charge on any atom is -0.506 e. The van der Waals surface area contributed by atoms with Gasteiger partial charge in [0.2, 0.25) is 0 Å². The number of alkyl halides is 3. The van der Waals surface area contributed by atoms with E-state index in [2.05, 4.69) is 10.2 Å². The third kappa shape index (κ3) is 4.95. The number of hydrazone groups is 1. The summed E-state index contributed by atoms with van der Waals surface area (Å²) in [5, 5.41) is 17.9. The average molecular weight is 492 g/mol. The molecule has 0 saturated heterocycles. The maximum Gasteiger partial charge on any atom is 0.434 e. The van der Waals surface area contributed by atoms with Gasteiger partial charge in [-0.15, -0.1) is 0 Å². The van der Waals surface area contributed by atoms with Crippen molar-refractivity contribution in [2.45, 2.75) is 13.1 Å². The van der Waals surface area contributed by atoms with E-state index in [9.17, 15) is 23.1 Å². The molecule has 3 aromatic rings. The lowest BCUT2D eigenvalue weighted by Gasteiger charge is -2.12. The number of carbonyl (C=O) groups is 1. The van der Waals surface area contributed by atoms with Crippen molar-refractivity contribution in [3.05, 3.63) is 74.5 Å². The van der Waals surface area contributed by atoms with Crippen molar-refractivity contribution >= 4 is 46.4 Å². The van der Waals surface area contributed by atoms with Crippen LogP contribution in [-0.4, -0.2) is 26.5 Å². The van der Waals surface area contributed by atoms with E-state index in [4.69, 9.17) is 34.8 Å². The maximum atomic E-state index is 13.7. The van der Waals surface area contributed by atoms with Gasteiger partial charge >= 0.3 is 6.18 Å². The Labute approximate surface area is 188 Å². The summed E-state index contributed by atoms with van der Waals surface area (Å²) < 4.78 is 41.7. The molecule has 2 aromatic carbocycles.